The quantitative estimate of drug-likeness (QED) is 0.595. The molecule has 2 aromatic carbocycles. The number of methoxy groups -OCH3 is 1. The number of hydrogen-bond acceptors (Lipinski definition) is 4. The summed E-state index contributed by atoms with van der Waals surface area (Å²) >= 11 is 0. The molecule has 1 amide bonds. The Kier molecular flexibility index (Phi) is 6.11. The Balaban J connectivity index is 1.88. The lowest BCUT2D eigenvalue weighted by molar-refractivity contribution is -0.121. The van der Waals surface area contributed by atoms with Gasteiger partial charge in [-0.2, -0.15) is 0 Å². The summed E-state index contributed by atoms with van der Waals surface area (Å²) in [5, 5.41) is 10.1. The van der Waals surface area contributed by atoms with Crippen LogP contribution in [0.3, 0.4) is 0 Å². The number of amides is 1. The maximum absolute atomic E-state index is 11.7. The third kappa shape index (κ3) is 4.08. The zero-order valence-electron chi connectivity index (χ0n) is 16.5. The van der Waals surface area contributed by atoms with Crippen LogP contribution in [-0.2, 0) is 16.0 Å². The number of amidine groups is 1. The van der Waals surface area contributed by atoms with Crippen molar-refractivity contribution in [3.63, 3.8) is 0 Å². The van der Waals surface area contributed by atoms with Gasteiger partial charge in [0, 0.05) is 14.2 Å². The highest BCUT2D eigenvalue weighted by Crippen LogP contribution is 2.36. The maximum atomic E-state index is 11.7. The minimum Gasteiger partial charge on any atom is -0.392 e. The Morgan fingerprint density at radius 2 is 2.04 bits per heavy atom. The minimum atomic E-state index is -0.764. The number of aliphatic hydroxyl groups is 1. The second-order valence-electron chi connectivity index (χ2n) is 7.19. The van der Waals surface area contributed by atoms with Crippen molar-refractivity contribution in [2.75, 3.05) is 20.8 Å². The molecule has 0 aliphatic heterocycles. The molecule has 0 aromatic heterocycles. The molecule has 6 nitrogen and oxygen atoms in total. The molecule has 6 heteroatoms. The van der Waals surface area contributed by atoms with Crippen molar-refractivity contribution in [3.05, 3.63) is 65.2 Å². The van der Waals surface area contributed by atoms with Crippen LogP contribution in [-0.4, -0.2) is 48.6 Å². The number of fused-ring (bicyclic) bond motifs is 1. The molecule has 3 N–H and O–H groups in total. The second kappa shape index (κ2) is 8.54. The predicted molar refractivity (Wildman–Crippen MR) is 110 cm³/mol. The Hall–Kier alpha value is -2.70. The first-order valence-electron chi connectivity index (χ1n) is 9.34. The van der Waals surface area contributed by atoms with Gasteiger partial charge in [-0.25, -0.2) is 4.99 Å². The van der Waals surface area contributed by atoms with Crippen molar-refractivity contribution in [1.29, 1.82) is 0 Å². The molecule has 0 saturated carbocycles. The number of hydrogen-bond donors (Lipinski definition) is 2. The van der Waals surface area contributed by atoms with E-state index in [0.717, 1.165) is 28.2 Å². The number of carbonyl (C=O) groups is 1. The van der Waals surface area contributed by atoms with E-state index in [-0.39, 0.29) is 6.04 Å². The molecule has 2 aromatic rings. The third-order valence-electron chi connectivity index (χ3n) is 5.36. The lowest BCUT2D eigenvalue weighted by Crippen LogP contribution is -2.32. The van der Waals surface area contributed by atoms with Crippen molar-refractivity contribution in [3.8, 4) is 0 Å². The number of nitrogens with zero attached hydrogens (tertiary/aromatic N) is 2. The van der Waals surface area contributed by atoms with Gasteiger partial charge in [-0.3, -0.25) is 4.79 Å². The fourth-order valence-corrected chi connectivity index (χ4v) is 3.78. The van der Waals surface area contributed by atoms with Crippen LogP contribution in [0, 0.1) is 0 Å². The van der Waals surface area contributed by atoms with E-state index in [4.69, 9.17) is 15.5 Å². The maximum Gasteiger partial charge on any atom is 0.227 e. The van der Waals surface area contributed by atoms with Gasteiger partial charge in [-0.15, -0.1) is 0 Å². The summed E-state index contributed by atoms with van der Waals surface area (Å²) in [7, 11) is 3.67. The highest BCUT2D eigenvalue weighted by Gasteiger charge is 2.35. The van der Waals surface area contributed by atoms with Gasteiger partial charge >= 0.3 is 0 Å². The molecule has 1 aliphatic carbocycles. The monoisotopic (exact) mass is 381 g/mol. The van der Waals surface area contributed by atoms with Crippen molar-refractivity contribution in [2.24, 2.45) is 10.7 Å². The Morgan fingerprint density at radius 1 is 1.32 bits per heavy atom. The van der Waals surface area contributed by atoms with Gasteiger partial charge in [0.2, 0.25) is 5.91 Å². The van der Waals surface area contributed by atoms with Gasteiger partial charge in [0.05, 0.1) is 30.4 Å². The standard InChI is InChI=1S/C22H27N3O3/c1-14(25(2)19(13-28-3)15-7-5-4-6-8-15)24-17-10-9-16-11-20(26)21(22(23)27)18(16)12-17/h4-10,12,19-21,26H,11,13H2,1-3H3,(H2,23,27)/t19-,20?,21?/m0/s1. The summed E-state index contributed by atoms with van der Waals surface area (Å²) < 4.78 is 5.42. The molecular weight excluding hydrogens is 354 g/mol. The number of likely N-dealkylation sites (N-methyl/N-ethyl adjacent to an activating group) is 1. The summed E-state index contributed by atoms with van der Waals surface area (Å²) in [6, 6.07) is 15.8. The first-order valence-corrected chi connectivity index (χ1v) is 9.34. The molecule has 0 heterocycles. The van der Waals surface area contributed by atoms with Crippen LogP contribution < -0.4 is 5.73 Å². The van der Waals surface area contributed by atoms with Crippen LogP contribution >= 0.6 is 0 Å². The smallest absolute Gasteiger partial charge is 0.227 e. The number of ether oxygens (including phenoxy) is 1. The molecule has 0 saturated heterocycles. The molecule has 148 valence electrons. The number of aliphatic imine (C=N–C) groups is 1. The Bertz CT molecular complexity index is 867. The van der Waals surface area contributed by atoms with Crippen LogP contribution in [0.4, 0.5) is 5.69 Å². The summed E-state index contributed by atoms with van der Waals surface area (Å²) in [5.74, 6) is -0.362. The Labute approximate surface area is 165 Å². The van der Waals surface area contributed by atoms with Crippen LogP contribution in [0.25, 0.3) is 0 Å². The van der Waals surface area contributed by atoms with E-state index in [9.17, 15) is 9.90 Å². The molecule has 0 radical (unpaired) electrons. The lowest BCUT2D eigenvalue weighted by atomic mass is 9.99. The van der Waals surface area contributed by atoms with Crippen molar-refractivity contribution < 1.29 is 14.6 Å². The minimum absolute atomic E-state index is 0.0320. The van der Waals surface area contributed by atoms with E-state index < -0.39 is 17.9 Å². The highest BCUT2D eigenvalue weighted by molar-refractivity contribution is 5.86. The van der Waals surface area contributed by atoms with E-state index in [2.05, 4.69) is 17.0 Å². The molecule has 0 fully saturated rings. The number of benzene rings is 2. The molecule has 1 aliphatic rings. The van der Waals surface area contributed by atoms with Gasteiger partial charge in [-0.05, 0) is 42.2 Å². The van der Waals surface area contributed by atoms with Gasteiger partial charge in [0.15, 0.2) is 0 Å². The topological polar surface area (TPSA) is 88.1 Å². The van der Waals surface area contributed by atoms with E-state index in [1.54, 1.807) is 7.11 Å². The molecule has 28 heavy (non-hydrogen) atoms. The summed E-state index contributed by atoms with van der Waals surface area (Å²) in [4.78, 5) is 18.6. The van der Waals surface area contributed by atoms with Crippen LogP contribution in [0.2, 0.25) is 0 Å². The van der Waals surface area contributed by atoms with Crippen LogP contribution in [0.1, 0.15) is 35.6 Å². The van der Waals surface area contributed by atoms with Crippen LogP contribution in [0.5, 0.6) is 0 Å². The van der Waals surface area contributed by atoms with Gasteiger partial charge in [-0.1, -0.05) is 36.4 Å². The normalized spacial score (nSPS) is 19.9. The summed E-state index contributed by atoms with van der Waals surface area (Å²) in [6.07, 6.45) is -0.324. The molecule has 0 spiro atoms. The average molecular weight is 381 g/mol. The van der Waals surface area contributed by atoms with Crippen molar-refractivity contribution in [2.45, 2.75) is 31.4 Å². The number of nitrogens with two attached hydrogens (primary N) is 1. The largest absolute Gasteiger partial charge is 0.392 e. The molecule has 0 bridgehead atoms. The number of aliphatic hydroxyl groups excluding tert-OH is 1. The first-order chi connectivity index (χ1) is 13.4. The van der Waals surface area contributed by atoms with Gasteiger partial charge in [0.1, 0.15) is 5.84 Å². The predicted octanol–water partition coefficient (Wildman–Crippen LogP) is 2.54. The number of rotatable bonds is 6. The summed E-state index contributed by atoms with van der Waals surface area (Å²) in [6.45, 7) is 2.48. The molecule has 3 rings (SSSR count). The lowest BCUT2D eigenvalue weighted by Gasteiger charge is -2.29. The molecule has 2 unspecified atom stereocenters. The van der Waals surface area contributed by atoms with E-state index in [0.29, 0.717) is 13.0 Å². The van der Waals surface area contributed by atoms with E-state index in [1.165, 1.54) is 0 Å². The van der Waals surface area contributed by atoms with Gasteiger partial charge in [0.25, 0.3) is 0 Å². The summed E-state index contributed by atoms with van der Waals surface area (Å²) in [5.41, 5.74) is 9.08. The van der Waals surface area contributed by atoms with Crippen LogP contribution in [0.15, 0.2) is 53.5 Å². The SMILES string of the molecule is COC[C@@H](c1ccccc1)N(C)C(C)=Nc1ccc2c(c1)C(C(N)=O)C(O)C2. The third-order valence-corrected chi connectivity index (χ3v) is 5.36. The van der Waals surface area contributed by atoms with E-state index in [1.807, 2.05) is 50.4 Å². The zero-order valence-corrected chi connectivity index (χ0v) is 16.5. The van der Waals surface area contributed by atoms with Gasteiger partial charge < -0.3 is 20.5 Å². The van der Waals surface area contributed by atoms with E-state index >= 15 is 0 Å². The fraction of sp³-hybridized carbons (Fsp3) is 0.364. The first kappa shape index (κ1) is 20.0. The molecule has 3 atom stereocenters. The highest BCUT2D eigenvalue weighted by atomic mass is 16.5. The Morgan fingerprint density at radius 3 is 2.68 bits per heavy atom. The zero-order chi connectivity index (χ0) is 20.3. The average Bonchev–Trinajstić information content (AvgIpc) is 3.01. The number of primary amides is 1. The fourth-order valence-electron chi connectivity index (χ4n) is 3.78. The number of carbonyl (C=O) groups excluding carboxylic acids is 1. The molecular formula is C22H27N3O3. The van der Waals surface area contributed by atoms with Crippen molar-refractivity contribution >= 4 is 17.4 Å². The second-order valence-corrected chi connectivity index (χ2v) is 7.19. The van der Waals surface area contributed by atoms with Crippen molar-refractivity contribution in [1.82, 2.24) is 4.90 Å².